The summed E-state index contributed by atoms with van der Waals surface area (Å²) in [5.74, 6) is -2.29. The summed E-state index contributed by atoms with van der Waals surface area (Å²) < 4.78 is 22.9. The van der Waals surface area contributed by atoms with Crippen molar-refractivity contribution in [1.29, 1.82) is 0 Å². The zero-order chi connectivity index (χ0) is 73.2. The first-order valence-electron chi connectivity index (χ1n) is 42.7. The molecule has 0 N–H and O–H groups in total. The number of carbonyl (C=O) groups is 3. The molecule has 0 amide bonds. The Balaban J connectivity index is 4.03. The van der Waals surface area contributed by atoms with E-state index < -0.39 is 24.3 Å². The van der Waals surface area contributed by atoms with Crippen molar-refractivity contribution >= 4 is 17.9 Å². The molecule has 582 valence electrons. The van der Waals surface area contributed by atoms with Gasteiger partial charge in [-0.15, -0.1) is 0 Å². The molecular weight excluding hydrogens is 1250 g/mol. The predicted octanol–water partition coefficient (Wildman–Crippen LogP) is 26.5. The van der Waals surface area contributed by atoms with Gasteiger partial charge in [0.2, 0.25) is 0 Å². The molecule has 2 unspecified atom stereocenters. The smallest absolute Gasteiger partial charge is 0.306 e. The van der Waals surface area contributed by atoms with Crippen molar-refractivity contribution in [3.63, 3.8) is 0 Å². The molecule has 0 spiro atoms. The van der Waals surface area contributed by atoms with E-state index in [-0.39, 0.29) is 38.6 Å². The van der Waals surface area contributed by atoms with E-state index in [1.54, 1.807) is 0 Å². The third-order valence-electron chi connectivity index (χ3n) is 18.7. The first kappa shape index (κ1) is 96.7. The average Bonchev–Trinajstić information content (AvgIpc) is 1.25. The molecular formula is C92H161NO8. The minimum Gasteiger partial charge on any atom is -0.545 e. The number of aliphatic carboxylic acids is 1. The number of unbranched alkanes of at least 4 members (excludes halogenated alkanes) is 44. The van der Waals surface area contributed by atoms with Crippen LogP contribution in [0.5, 0.6) is 0 Å². The highest BCUT2D eigenvalue weighted by molar-refractivity contribution is 5.70. The zero-order valence-corrected chi connectivity index (χ0v) is 66.8. The summed E-state index contributed by atoms with van der Waals surface area (Å²) in [6.45, 7) is 4.66. The van der Waals surface area contributed by atoms with Crippen molar-refractivity contribution in [2.45, 2.75) is 399 Å². The SMILES string of the molecule is CC/C=C\C/C=C\C/C=C\C/C=C\C/C=C\C/C=C\C/C=C\C/C=C\C/C=C\C/C=C\CCCCCCCCC(=O)OC(COC(=O)CCCCCCCCCCCCCCCCCCCCCCCCCCCCCCCCCCCCCCCCC)COC(OCC[N+](C)(C)C)C(=O)[O-]. The summed E-state index contributed by atoms with van der Waals surface area (Å²) >= 11 is 0. The lowest BCUT2D eigenvalue weighted by Gasteiger charge is -2.26. The monoisotopic (exact) mass is 1410 g/mol. The zero-order valence-electron chi connectivity index (χ0n) is 66.8. The van der Waals surface area contributed by atoms with E-state index >= 15 is 0 Å². The second kappa shape index (κ2) is 81.4. The molecule has 0 bridgehead atoms. The minimum absolute atomic E-state index is 0.140. The summed E-state index contributed by atoms with van der Waals surface area (Å²) in [7, 11) is 5.93. The Morgan fingerprint density at radius 1 is 0.307 bits per heavy atom. The Bertz CT molecular complexity index is 2090. The molecule has 9 nitrogen and oxygen atoms in total. The van der Waals surface area contributed by atoms with Crippen LogP contribution in [0.1, 0.15) is 386 Å². The van der Waals surface area contributed by atoms with Gasteiger partial charge in [0.05, 0.1) is 40.3 Å². The molecule has 0 rings (SSSR count). The molecule has 0 aromatic carbocycles. The number of quaternary nitrogens is 1. The number of carboxylic acids is 1. The molecule has 101 heavy (non-hydrogen) atoms. The molecule has 0 radical (unpaired) electrons. The van der Waals surface area contributed by atoms with Crippen LogP contribution in [0.3, 0.4) is 0 Å². The van der Waals surface area contributed by atoms with Crippen molar-refractivity contribution in [2.75, 3.05) is 47.5 Å². The van der Waals surface area contributed by atoms with E-state index in [4.69, 9.17) is 18.9 Å². The third-order valence-corrected chi connectivity index (χ3v) is 18.7. The lowest BCUT2D eigenvalue weighted by atomic mass is 10.0. The molecule has 0 heterocycles. The number of hydrogen-bond donors (Lipinski definition) is 0. The van der Waals surface area contributed by atoms with Crippen LogP contribution < -0.4 is 5.11 Å². The first-order valence-corrected chi connectivity index (χ1v) is 42.7. The van der Waals surface area contributed by atoms with E-state index in [0.717, 1.165) is 122 Å². The minimum atomic E-state index is -1.63. The van der Waals surface area contributed by atoms with Gasteiger partial charge >= 0.3 is 11.9 Å². The molecule has 0 aliphatic rings. The Labute approximate surface area is 625 Å². The topological polar surface area (TPSA) is 111 Å². The number of carboxylic acid groups (broad SMARTS) is 1. The van der Waals surface area contributed by atoms with E-state index in [9.17, 15) is 19.5 Å². The third kappa shape index (κ3) is 82.8. The summed E-state index contributed by atoms with van der Waals surface area (Å²) in [5.41, 5.74) is 0. The fourth-order valence-corrected chi connectivity index (χ4v) is 12.3. The number of likely N-dealkylation sites (N-methyl/N-ethyl adjacent to an activating group) is 1. The van der Waals surface area contributed by atoms with Crippen molar-refractivity contribution in [3.8, 4) is 0 Å². The molecule has 0 saturated carbocycles. The molecule has 9 heteroatoms. The van der Waals surface area contributed by atoms with Crippen molar-refractivity contribution < 1.29 is 42.9 Å². The van der Waals surface area contributed by atoms with Gasteiger partial charge in [-0.1, -0.05) is 405 Å². The van der Waals surface area contributed by atoms with Crippen LogP contribution in [0, 0.1) is 0 Å². The largest absolute Gasteiger partial charge is 0.545 e. The second-order valence-corrected chi connectivity index (χ2v) is 29.8. The van der Waals surface area contributed by atoms with Crippen LogP contribution in [-0.2, 0) is 33.3 Å². The maximum atomic E-state index is 13.0. The highest BCUT2D eigenvalue weighted by Crippen LogP contribution is 2.20. The van der Waals surface area contributed by atoms with Gasteiger partial charge in [-0.25, -0.2) is 0 Å². The summed E-state index contributed by atoms with van der Waals surface area (Å²) in [5, 5.41) is 11.9. The quantitative estimate of drug-likeness (QED) is 0.0195. The second-order valence-electron chi connectivity index (χ2n) is 29.8. The van der Waals surface area contributed by atoms with Crippen LogP contribution in [0.25, 0.3) is 0 Å². The lowest BCUT2D eigenvalue weighted by molar-refractivity contribution is -0.870. The van der Waals surface area contributed by atoms with E-state index in [0.29, 0.717) is 17.4 Å². The Kier molecular flexibility index (Phi) is 77.9. The number of carbonyl (C=O) groups excluding carboxylic acids is 3. The summed E-state index contributed by atoms with van der Waals surface area (Å²) in [6.07, 6.45) is 113. The van der Waals surface area contributed by atoms with Crippen LogP contribution in [-0.4, -0.2) is 82.3 Å². The summed E-state index contributed by atoms with van der Waals surface area (Å²) in [4.78, 5) is 37.6. The van der Waals surface area contributed by atoms with Gasteiger partial charge in [-0.05, 0) is 89.9 Å². The number of hydrogen-bond acceptors (Lipinski definition) is 8. The van der Waals surface area contributed by atoms with Gasteiger partial charge < -0.3 is 33.3 Å². The molecule has 0 aromatic heterocycles. The maximum Gasteiger partial charge on any atom is 0.306 e. The molecule has 2 atom stereocenters. The summed E-state index contributed by atoms with van der Waals surface area (Å²) in [6, 6.07) is 0. The van der Waals surface area contributed by atoms with Gasteiger partial charge in [0.1, 0.15) is 13.2 Å². The molecule has 0 aliphatic heterocycles. The fourth-order valence-electron chi connectivity index (χ4n) is 12.3. The average molecular weight is 1410 g/mol. The van der Waals surface area contributed by atoms with Crippen LogP contribution in [0.2, 0.25) is 0 Å². The maximum absolute atomic E-state index is 13.0. The number of nitrogens with zero attached hydrogens (tertiary/aromatic N) is 1. The lowest BCUT2D eigenvalue weighted by Crippen LogP contribution is -2.44. The van der Waals surface area contributed by atoms with E-state index in [1.807, 2.05) is 21.1 Å². The first-order chi connectivity index (χ1) is 49.6. The highest BCUT2D eigenvalue weighted by Gasteiger charge is 2.22. The Morgan fingerprint density at radius 2 is 0.564 bits per heavy atom. The fraction of sp³-hybridized carbons (Fsp3) is 0.750. The number of rotatable bonds is 79. The van der Waals surface area contributed by atoms with Crippen molar-refractivity contribution in [1.82, 2.24) is 0 Å². The van der Waals surface area contributed by atoms with Gasteiger partial charge in [-0.2, -0.15) is 0 Å². The number of esters is 2. The molecule has 0 fully saturated rings. The highest BCUT2D eigenvalue weighted by atomic mass is 16.7. The van der Waals surface area contributed by atoms with Crippen molar-refractivity contribution in [3.05, 3.63) is 122 Å². The van der Waals surface area contributed by atoms with E-state index in [1.165, 1.54) is 231 Å². The number of allylic oxidation sites excluding steroid dienone is 20. The van der Waals surface area contributed by atoms with Crippen LogP contribution in [0.4, 0.5) is 0 Å². The standard InChI is InChI=1S/C92H161NO8/c1-6-8-10-12-14-16-18-20-22-24-26-28-30-32-34-36-38-40-42-44-45-47-48-50-52-54-56-58-60-62-64-66-68-70-72-74-76-78-80-82-89(94)99-86-88(87-100-92(91(96)97)98-85-84-93(3,4)5)101-90(95)83-81-79-77-75-73-71-69-67-65-63-61-59-57-55-53-51-49-46-43-41-39-37-35-33-31-29-27-25-23-21-19-17-15-13-11-9-7-2/h9,11,15,17,21,23,27,29,33,35,39,41,46,49,53,55,59,61,65,67,88,92H,6-8,10,12-14,16,18-20,22,24-26,28,30-32,34,36-38,40,42-45,47-48,50-52,54,56-58,60,62-64,66,68-87H2,1-5H3/b11-9-,17-15-,23-21-,29-27-,35-33-,41-39-,49-46-,55-53-,61-59-,67-65-. The van der Waals surface area contributed by atoms with E-state index in [2.05, 4.69) is 135 Å². The molecule has 0 aromatic rings. The van der Waals surface area contributed by atoms with Gasteiger partial charge in [-0.3, -0.25) is 9.59 Å². The van der Waals surface area contributed by atoms with Crippen molar-refractivity contribution in [2.24, 2.45) is 0 Å². The number of ether oxygens (including phenoxy) is 4. The van der Waals surface area contributed by atoms with Gasteiger partial charge in [0, 0.05) is 12.8 Å². The Hall–Kier alpha value is -4.31. The molecule has 0 saturated heterocycles. The van der Waals surface area contributed by atoms with Crippen LogP contribution >= 0.6 is 0 Å². The normalized spacial score (nSPS) is 13.2. The van der Waals surface area contributed by atoms with Gasteiger partial charge in [0.15, 0.2) is 12.4 Å². The molecule has 0 aliphatic carbocycles. The predicted molar refractivity (Wildman–Crippen MR) is 435 cm³/mol. The Morgan fingerprint density at radius 3 is 0.842 bits per heavy atom. The van der Waals surface area contributed by atoms with Gasteiger partial charge in [0.25, 0.3) is 0 Å². The van der Waals surface area contributed by atoms with Crippen LogP contribution in [0.15, 0.2) is 122 Å².